The van der Waals surface area contributed by atoms with Crippen LogP contribution in [-0.4, -0.2) is 61.0 Å². The molecule has 0 aromatic heterocycles. The number of carbonyl (C=O) groups is 3. The van der Waals surface area contributed by atoms with Crippen LogP contribution in [0.2, 0.25) is 0 Å². The number of rotatable bonds is 7. The zero-order valence-electron chi connectivity index (χ0n) is 18.2. The number of nitrogens with one attached hydrogen (secondary N) is 1. The Hall–Kier alpha value is -2.77. The molecule has 1 saturated carbocycles. The van der Waals surface area contributed by atoms with Crippen molar-refractivity contribution in [3.05, 3.63) is 23.8 Å². The number of carbonyl (C=O) groups excluding carboxylic acids is 3. The van der Waals surface area contributed by atoms with Crippen molar-refractivity contribution in [2.45, 2.75) is 57.5 Å². The predicted octanol–water partition coefficient (Wildman–Crippen LogP) is 2.65. The lowest BCUT2D eigenvalue weighted by Crippen LogP contribution is -2.48. The van der Waals surface area contributed by atoms with Crippen molar-refractivity contribution in [1.29, 1.82) is 0 Å². The Bertz CT molecular complexity index is 821. The fourth-order valence-corrected chi connectivity index (χ4v) is 4.44. The Kier molecular flexibility index (Phi) is 6.53. The van der Waals surface area contributed by atoms with E-state index in [1.165, 1.54) is 20.6 Å². The Balaban J connectivity index is 1.79. The van der Waals surface area contributed by atoms with Crippen molar-refractivity contribution < 1.29 is 23.9 Å². The Morgan fingerprint density at radius 1 is 1.17 bits per heavy atom. The summed E-state index contributed by atoms with van der Waals surface area (Å²) in [4.78, 5) is 41.7. The van der Waals surface area contributed by atoms with Crippen LogP contribution < -0.4 is 14.8 Å². The molecule has 0 unspecified atom stereocenters. The maximum absolute atomic E-state index is 13.2. The van der Waals surface area contributed by atoms with E-state index in [4.69, 9.17) is 9.47 Å². The van der Waals surface area contributed by atoms with Crippen LogP contribution in [0, 0.1) is 0 Å². The van der Waals surface area contributed by atoms with Gasteiger partial charge >= 0.3 is 6.03 Å². The molecule has 8 heteroatoms. The summed E-state index contributed by atoms with van der Waals surface area (Å²) < 4.78 is 10.6. The van der Waals surface area contributed by atoms with Crippen LogP contribution in [0.15, 0.2) is 18.2 Å². The maximum Gasteiger partial charge on any atom is 0.325 e. The number of ether oxygens (including phenoxy) is 2. The lowest BCUT2D eigenvalue weighted by molar-refractivity contribution is -0.140. The van der Waals surface area contributed by atoms with Crippen molar-refractivity contribution >= 4 is 17.8 Å². The molecule has 164 valence electrons. The van der Waals surface area contributed by atoms with Crippen LogP contribution in [0.25, 0.3) is 0 Å². The summed E-state index contributed by atoms with van der Waals surface area (Å²) >= 11 is 0. The smallest absolute Gasteiger partial charge is 0.325 e. The zero-order valence-corrected chi connectivity index (χ0v) is 18.2. The summed E-state index contributed by atoms with van der Waals surface area (Å²) in [6, 6.07) is 4.70. The number of nitrogens with zero attached hydrogens (tertiary/aromatic N) is 2. The summed E-state index contributed by atoms with van der Waals surface area (Å²) in [7, 11) is 3.04. The molecule has 1 heterocycles. The molecular formula is C22H31N3O5. The van der Waals surface area contributed by atoms with Gasteiger partial charge in [-0.25, -0.2) is 4.79 Å². The van der Waals surface area contributed by atoms with Gasteiger partial charge in [0.2, 0.25) is 5.91 Å². The number of benzene rings is 1. The second-order valence-electron chi connectivity index (χ2n) is 7.99. The van der Waals surface area contributed by atoms with E-state index in [1.54, 1.807) is 25.1 Å². The van der Waals surface area contributed by atoms with Gasteiger partial charge in [0.05, 0.1) is 14.2 Å². The molecule has 8 nitrogen and oxygen atoms in total. The number of likely N-dealkylation sites (N-methyl/N-ethyl adjacent to an activating group) is 1. The minimum atomic E-state index is -1.28. The second kappa shape index (κ2) is 8.93. The van der Waals surface area contributed by atoms with Crippen LogP contribution >= 0.6 is 0 Å². The molecule has 1 aromatic rings. The van der Waals surface area contributed by atoms with Crippen molar-refractivity contribution in [2.24, 2.45) is 0 Å². The minimum Gasteiger partial charge on any atom is -0.493 e. The molecule has 1 saturated heterocycles. The molecule has 1 aliphatic carbocycles. The summed E-state index contributed by atoms with van der Waals surface area (Å²) in [6.07, 6.45) is 5.36. The highest BCUT2D eigenvalue weighted by Gasteiger charge is 2.50. The largest absolute Gasteiger partial charge is 0.493 e. The second-order valence-corrected chi connectivity index (χ2v) is 7.99. The van der Waals surface area contributed by atoms with Crippen LogP contribution in [0.3, 0.4) is 0 Å². The van der Waals surface area contributed by atoms with E-state index in [9.17, 15) is 14.4 Å². The number of methoxy groups -OCH3 is 2. The third-order valence-electron chi connectivity index (χ3n) is 6.21. The third-order valence-corrected chi connectivity index (χ3v) is 6.21. The third kappa shape index (κ3) is 3.95. The normalized spacial score (nSPS) is 22.1. The quantitative estimate of drug-likeness (QED) is 0.689. The molecule has 1 atom stereocenters. The zero-order chi connectivity index (χ0) is 21.9. The number of urea groups is 1. The Labute approximate surface area is 177 Å². The van der Waals surface area contributed by atoms with Gasteiger partial charge in [0, 0.05) is 12.6 Å². The van der Waals surface area contributed by atoms with Gasteiger partial charge in [-0.15, -0.1) is 0 Å². The molecule has 30 heavy (non-hydrogen) atoms. The van der Waals surface area contributed by atoms with E-state index in [0.29, 0.717) is 23.6 Å². The summed E-state index contributed by atoms with van der Waals surface area (Å²) in [5.41, 5.74) is -0.716. The van der Waals surface area contributed by atoms with Crippen LogP contribution in [0.1, 0.15) is 51.5 Å². The van der Waals surface area contributed by atoms with E-state index in [2.05, 4.69) is 5.32 Å². The summed E-state index contributed by atoms with van der Waals surface area (Å²) in [6.45, 7) is 3.89. The van der Waals surface area contributed by atoms with E-state index in [-0.39, 0.29) is 18.5 Å². The van der Waals surface area contributed by atoms with Crippen molar-refractivity contribution in [1.82, 2.24) is 15.1 Å². The van der Waals surface area contributed by atoms with E-state index in [0.717, 1.165) is 30.6 Å². The standard InChI is InChI=1S/C22H31N3O5/c1-5-24(16-9-7-6-8-10-16)19(26)14-25-20(27)22(2,23-21(25)28)15-11-12-17(29-3)18(13-15)30-4/h11-13,16H,5-10,14H2,1-4H3,(H,23,28)/t22-/m0/s1. The maximum atomic E-state index is 13.2. The summed E-state index contributed by atoms with van der Waals surface area (Å²) in [5, 5.41) is 2.75. The van der Waals surface area contributed by atoms with Crippen LogP contribution in [0.5, 0.6) is 11.5 Å². The monoisotopic (exact) mass is 417 g/mol. The molecule has 2 fully saturated rings. The number of imide groups is 1. The number of amides is 4. The topological polar surface area (TPSA) is 88.2 Å². The minimum absolute atomic E-state index is 0.189. The fraction of sp³-hybridized carbons (Fsp3) is 0.591. The molecule has 1 N–H and O–H groups in total. The van der Waals surface area contributed by atoms with E-state index in [1.807, 2.05) is 11.8 Å². The van der Waals surface area contributed by atoms with Gasteiger partial charge in [-0.2, -0.15) is 0 Å². The molecular weight excluding hydrogens is 386 g/mol. The average molecular weight is 418 g/mol. The first-order valence-corrected chi connectivity index (χ1v) is 10.5. The lowest BCUT2D eigenvalue weighted by Gasteiger charge is -2.34. The molecule has 0 bridgehead atoms. The predicted molar refractivity (Wildman–Crippen MR) is 111 cm³/mol. The molecule has 1 aliphatic heterocycles. The van der Waals surface area contributed by atoms with Gasteiger partial charge in [0.25, 0.3) is 5.91 Å². The van der Waals surface area contributed by atoms with E-state index >= 15 is 0 Å². The Morgan fingerprint density at radius 3 is 2.43 bits per heavy atom. The number of hydrogen-bond acceptors (Lipinski definition) is 5. The van der Waals surface area contributed by atoms with Crippen LogP contribution in [0.4, 0.5) is 4.79 Å². The van der Waals surface area contributed by atoms with Gasteiger partial charge in [0.1, 0.15) is 12.1 Å². The fourth-order valence-electron chi connectivity index (χ4n) is 4.44. The highest BCUT2D eigenvalue weighted by Crippen LogP contribution is 2.35. The van der Waals surface area contributed by atoms with Crippen molar-refractivity contribution in [3.63, 3.8) is 0 Å². The first-order chi connectivity index (χ1) is 14.3. The van der Waals surface area contributed by atoms with Crippen LogP contribution in [-0.2, 0) is 15.1 Å². The first kappa shape index (κ1) is 21.9. The highest BCUT2D eigenvalue weighted by molar-refractivity contribution is 6.09. The SMILES string of the molecule is CCN(C(=O)CN1C(=O)N[C@@](C)(c2ccc(OC)c(OC)c2)C1=O)C1CCCCC1. The van der Waals surface area contributed by atoms with Crippen molar-refractivity contribution in [2.75, 3.05) is 27.3 Å². The highest BCUT2D eigenvalue weighted by atomic mass is 16.5. The van der Waals surface area contributed by atoms with Gasteiger partial charge in [-0.3, -0.25) is 14.5 Å². The number of hydrogen-bond donors (Lipinski definition) is 1. The lowest BCUT2D eigenvalue weighted by atomic mass is 9.91. The molecule has 0 spiro atoms. The van der Waals surface area contributed by atoms with Gasteiger partial charge in [-0.1, -0.05) is 25.3 Å². The Morgan fingerprint density at radius 2 is 1.83 bits per heavy atom. The molecule has 1 aromatic carbocycles. The average Bonchev–Trinajstić information content (AvgIpc) is 2.98. The molecule has 0 radical (unpaired) electrons. The van der Waals surface area contributed by atoms with Gasteiger partial charge < -0.3 is 19.7 Å². The van der Waals surface area contributed by atoms with Gasteiger partial charge in [-0.05, 0) is 44.4 Å². The van der Waals surface area contributed by atoms with Gasteiger partial charge in [0.15, 0.2) is 11.5 Å². The first-order valence-electron chi connectivity index (χ1n) is 10.5. The molecule has 3 rings (SSSR count). The molecule has 2 aliphatic rings. The van der Waals surface area contributed by atoms with E-state index < -0.39 is 17.5 Å². The summed E-state index contributed by atoms with van der Waals surface area (Å²) in [5.74, 6) is 0.346. The van der Waals surface area contributed by atoms with Crippen molar-refractivity contribution in [3.8, 4) is 11.5 Å². The molecule has 4 amide bonds.